The predicted octanol–water partition coefficient (Wildman–Crippen LogP) is 0.204. The normalized spacial score (nSPS) is 18.9. The van der Waals surface area contributed by atoms with Crippen LogP contribution >= 0.6 is 0 Å². The van der Waals surface area contributed by atoms with Crippen LogP contribution in [0.2, 0.25) is 0 Å². The fraction of sp³-hybridized carbons (Fsp3) is 0.500. The summed E-state index contributed by atoms with van der Waals surface area (Å²) in [6.45, 7) is 1.96. The molecule has 1 aliphatic carbocycles. The summed E-state index contributed by atoms with van der Waals surface area (Å²) in [7, 11) is 0. The summed E-state index contributed by atoms with van der Waals surface area (Å²) in [6, 6.07) is 2.15. The van der Waals surface area contributed by atoms with E-state index in [4.69, 9.17) is 4.52 Å². The second kappa shape index (κ2) is 5.45. The van der Waals surface area contributed by atoms with Crippen molar-refractivity contribution in [2.75, 3.05) is 19.6 Å². The number of aromatic nitrogens is 4. The molecule has 2 aromatic heterocycles. The van der Waals surface area contributed by atoms with Crippen LogP contribution in [0.25, 0.3) is 11.6 Å². The number of carbonyl (C=O) groups is 1. The van der Waals surface area contributed by atoms with Gasteiger partial charge in [-0.05, 0) is 18.9 Å². The summed E-state index contributed by atoms with van der Waals surface area (Å²) in [5.41, 5.74) is 0. The lowest BCUT2D eigenvalue weighted by Crippen LogP contribution is -2.49. The maximum atomic E-state index is 11.7. The number of hydrogen-bond acceptors (Lipinski definition) is 7. The summed E-state index contributed by atoms with van der Waals surface area (Å²) >= 11 is 0. The molecule has 1 saturated heterocycles. The Hall–Kier alpha value is -2.35. The first-order valence-corrected chi connectivity index (χ1v) is 7.40. The van der Waals surface area contributed by atoms with Crippen molar-refractivity contribution in [3.05, 3.63) is 24.4 Å². The molecule has 4 rings (SSSR count). The maximum Gasteiger partial charge on any atom is 0.240 e. The largest absolute Gasteiger partial charge is 0.352 e. The molecule has 2 aliphatic rings. The van der Waals surface area contributed by atoms with E-state index < -0.39 is 0 Å². The van der Waals surface area contributed by atoms with Gasteiger partial charge in [-0.1, -0.05) is 5.16 Å². The Morgan fingerprint density at radius 3 is 2.77 bits per heavy atom. The van der Waals surface area contributed by atoms with Gasteiger partial charge in [0.15, 0.2) is 0 Å². The number of nitrogens with one attached hydrogen (secondary N) is 1. The second-order valence-corrected chi connectivity index (χ2v) is 5.76. The zero-order valence-corrected chi connectivity index (χ0v) is 12.0. The minimum Gasteiger partial charge on any atom is -0.352 e. The van der Waals surface area contributed by atoms with E-state index in [1.165, 1.54) is 0 Å². The van der Waals surface area contributed by atoms with Crippen LogP contribution in [-0.4, -0.2) is 56.6 Å². The molecule has 1 N–H and O–H groups in total. The van der Waals surface area contributed by atoms with E-state index in [-0.39, 0.29) is 11.8 Å². The third-order valence-electron chi connectivity index (χ3n) is 3.82. The van der Waals surface area contributed by atoms with Crippen molar-refractivity contribution in [3.8, 4) is 11.6 Å². The highest BCUT2D eigenvalue weighted by molar-refractivity contribution is 5.78. The molecule has 8 heteroatoms. The summed E-state index contributed by atoms with van der Waals surface area (Å²) in [5.74, 6) is 1.72. The highest BCUT2D eigenvalue weighted by Gasteiger charge is 2.34. The van der Waals surface area contributed by atoms with Crippen LogP contribution in [-0.2, 0) is 4.79 Å². The Morgan fingerprint density at radius 2 is 2.05 bits per heavy atom. The fourth-order valence-electron chi connectivity index (χ4n) is 2.47. The minimum atomic E-state index is 0.102. The number of rotatable bonds is 5. The molecule has 1 saturated carbocycles. The number of carbonyl (C=O) groups excluding carboxylic acids is 1. The molecule has 0 aromatic carbocycles. The van der Waals surface area contributed by atoms with Gasteiger partial charge in [0.05, 0.1) is 12.5 Å². The van der Waals surface area contributed by atoms with E-state index in [9.17, 15) is 4.79 Å². The van der Waals surface area contributed by atoms with Crippen molar-refractivity contribution in [1.29, 1.82) is 0 Å². The van der Waals surface area contributed by atoms with Crippen LogP contribution < -0.4 is 5.32 Å². The van der Waals surface area contributed by atoms with Gasteiger partial charge in [-0.25, -0.2) is 9.97 Å². The van der Waals surface area contributed by atoms with Gasteiger partial charge in [-0.15, -0.1) is 0 Å². The molecule has 2 fully saturated rings. The van der Waals surface area contributed by atoms with E-state index in [1.807, 2.05) is 0 Å². The van der Waals surface area contributed by atoms with Gasteiger partial charge < -0.3 is 9.84 Å². The molecule has 0 radical (unpaired) electrons. The summed E-state index contributed by atoms with van der Waals surface area (Å²) < 4.78 is 5.28. The average Bonchev–Trinajstić information content (AvgIpc) is 3.17. The van der Waals surface area contributed by atoms with Gasteiger partial charge in [-0.2, -0.15) is 4.98 Å². The van der Waals surface area contributed by atoms with E-state index in [0.717, 1.165) is 25.9 Å². The van der Waals surface area contributed by atoms with Crippen molar-refractivity contribution in [3.63, 3.8) is 0 Å². The molecule has 3 heterocycles. The Bertz CT molecular complexity index is 663. The van der Waals surface area contributed by atoms with Crippen LogP contribution in [0.3, 0.4) is 0 Å². The number of likely N-dealkylation sites (tertiary alicyclic amines) is 1. The first-order chi connectivity index (χ1) is 10.8. The lowest BCUT2D eigenvalue weighted by molar-refractivity contribution is -0.123. The molecular formula is C14H16N6O2. The van der Waals surface area contributed by atoms with Gasteiger partial charge in [0, 0.05) is 31.5 Å². The molecule has 114 valence electrons. The molecule has 0 atom stereocenters. The van der Waals surface area contributed by atoms with Crippen LogP contribution in [0, 0.1) is 0 Å². The quantitative estimate of drug-likeness (QED) is 0.842. The number of nitrogens with zero attached hydrogens (tertiary/aromatic N) is 5. The molecule has 22 heavy (non-hydrogen) atoms. The van der Waals surface area contributed by atoms with Crippen LogP contribution in [0.15, 0.2) is 23.0 Å². The van der Waals surface area contributed by atoms with E-state index in [2.05, 4.69) is 30.3 Å². The second-order valence-electron chi connectivity index (χ2n) is 5.76. The van der Waals surface area contributed by atoms with Gasteiger partial charge >= 0.3 is 0 Å². The molecule has 0 unspecified atom stereocenters. The zero-order valence-electron chi connectivity index (χ0n) is 12.0. The summed E-state index contributed by atoms with van der Waals surface area (Å²) in [5, 5.41) is 6.90. The summed E-state index contributed by atoms with van der Waals surface area (Å²) in [6.07, 6.45) is 5.51. The highest BCUT2D eigenvalue weighted by atomic mass is 16.5. The molecule has 8 nitrogen and oxygen atoms in total. The lowest BCUT2D eigenvalue weighted by atomic mass is 10.0. The standard InChI is InChI=1S/C14H16N6O2/c21-11(17-10-2-3-10)8-20-6-9(7-20)14-18-13(19-22-14)12-15-4-1-5-16-12/h1,4-5,9-10H,2-3,6-8H2,(H,17,21). The van der Waals surface area contributed by atoms with Gasteiger partial charge in [0.2, 0.25) is 23.4 Å². The Balaban J connectivity index is 1.31. The van der Waals surface area contributed by atoms with Crippen molar-refractivity contribution in [2.24, 2.45) is 0 Å². The topological polar surface area (TPSA) is 97.0 Å². The minimum absolute atomic E-state index is 0.102. The maximum absolute atomic E-state index is 11.7. The fourth-order valence-corrected chi connectivity index (χ4v) is 2.47. The lowest BCUT2D eigenvalue weighted by Gasteiger charge is -2.36. The first-order valence-electron chi connectivity index (χ1n) is 7.40. The smallest absolute Gasteiger partial charge is 0.240 e. The van der Waals surface area contributed by atoms with Gasteiger partial charge in [0.1, 0.15) is 0 Å². The number of amides is 1. The predicted molar refractivity (Wildman–Crippen MR) is 75.7 cm³/mol. The van der Waals surface area contributed by atoms with Crippen molar-refractivity contribution >= 4 is 5.91 Å². The van der Waals surface area contributed by atoms with Crippen molar-refractivity contribution in [1.82, 2.24) is 30.3 Å². The van der Waals surface area contributed by atoms with E-state index in [0.29, 0.717) is 30.1 Å². The van der Waals surface area contributed by atoms with Gasteiger partial charge in [-0.3, -0.25) is 9.69 Å². The summed E-state index contributed by atoms with van der Waals surface area (Å²) in [4.78, 5) is 26.3. The van der Waals surface area contributed by atoms with E-state index in [1.54, 1.807) is 18.5 Å². The first kappa shape index (κ1) is 13.3. The Labute approximate surface area is 126 Å². The highest BCUT2D eigenvalue weighted by Crippen LogP contribution is 2.26. The SMILES string of the molecule is O=C(CN1CC(c2nc(-c3ncccn3)no2)C1)NC1CC1. The van der Waals surface area contributed by atoms with Crippen molar-refractivity contribution in [2.45, 2.75) is 24.8 Å². The molecule has 0 bridgehead atoms. The van der Waals surface area contributed by atoms with Crippen LogP contribution in [0.5, 0.6) is 0 Å². The van der Waals surface area contributed by atoms with E-state index >= 15 is 0 Å². The zero-order chi connectivity index (χ0) is 14.9. The third-order valence-corrected chi connectivity index (χ3v) is 3.82. The average molecular weight is 300 g/mol. The molecule has 1 aliphatic heterocycles. The molecular weight excluding hydrogens is 284 g/mol. The van der Waals surface area contributed by atoms with Crippen LogP contribution in [0.1, 0.15) is 24.7 Å². The molecule has 1 amide bonds. The van der Waals surface area contributed by atoms with Gasteiger partial charge in [0.25, 0.3) is 0 Å². The Kier molecular flexibility index (Phi) is 3.30. The molecule has 2 aromatic rings. The third kappa shape index (κ3) is 2.82. The van der Waals surface area contributed by atoms with Crippen molar-refractivity contribution < 1.29 is 9.32 Å². The van der Waals surface area contributed by atoms with Crippen LogP contribution in [0.4, 0.5) is 0 Å². The molecule has 0 spiro atoms. The number of hydrogen-bond donors (Lipinski definition) is 1. The Morgan fingerprint density at radius 1 is 1.27 bits per heavy atom. The monoisotopic (exact) mass is 300 g/mol.